The van der Waals surface area contributed by atoms with Crippen LogP contribution in [-0.2, 0) is 4.79 Å². The average molecular weight is 221 g/mol. The van der Waals surface area contributed by atoms with Crippen molar-refractivity contribution in [1.29, 1.82) is 0 Å². The first-order chi connectivity index (χ1) is 7.66. The molecule has 0 saturated heterocycles. The van der Waals surface area contributed by atoms with Gasteiger partial charge >= 0.3 is 0 Å². The van der Waals surface area contributed by atoms with Gasteiger partial charge in [-0.15, -0.1) is 0 Å². The second-order valence-electron chi connectivity index (χ2n) is 3.93. The SMILES string of the molecule is CCCC(=O)N1C(O)c2ccccc2C1O. The number of rotatable bonds is 2. The molecule has 1 aromatic rings. The van der Waals surface area contributed by atoms with E-state index in [1.165, 1.54) is 0 Å². The largest absolute Gasteiger partial charge is 0.369 e. The molecule has 4 nitrogen and oxygen atoms in total. The third-order valence-electron chi connectivity index (χ3n) is 2.83. The molecule has 1 aliphatic heterocycles. The predicted molar refractivity (Wildman–Crippen MR) is 58.1 cm³/mol. The standard InChI is InChI=1S/C12H15NO3/c1-2-5-10(14)13-11(15)8-6-3-4-7-9(8)12(13)16/h3-4,6-7,11-12,15-16H,2,5H2,1H3. The van der Waals surface area contributed by atoms with Crippen LogP contribution in [0.2, 0.25) is 0 Å². The molecule has 0 radical (unpaired) electrons. The van der Waals surface area contributed by atoms with Crippen LogP contribution in [0.25, 0.3) is 0 Å². The van der Waals surface area contributed by atoms with Gasteiger partial charge in [0.05, 0.1) is 0 Å². The van der Waals surface area contributed by atoms with Gasteiger partial charge in [-0.3, -0.25) is 9.69 Å². The van der Waals surface area contributed by atoms with Crippen LogP contribution in [0.15, 0.2) is 24.3 Å². The molecule has 2 rings (SSSR count). The van der Waals surface area contributed by atoms with Crippen LogP contribution in [0.4, 0.5) is 0 Å². The Morgan fingerprint density at radius 3 is 2.19 bits per heavy atom. The van der Waals surface area contributed by atoms with Crippen LogP contribution >= 0.6 is 0 Å². The molecule has 0 fully saturated rings. The lowest BCUT2D eigenvalue weighted by molar-refractivity contribution is -0.156. The average Bonchev–Trinajstić information content (AvgIpc) is 2.53. The van der Waals surface area contributed by atoms with Crippen LogP contribution in [0.5, 0.6) is 0 Å². The highest BCUT2D eigenvalue weighted by molar-refractivity contribution is 5.77. The van der Waals surface area contributed by atoms with Gasteiger partial charge in [0.15, 0.2) is 12.5 Å². The molecule has 1 aromatic carbocycles. The summed E-state index contributed by atoms with van der Waals surface area (Å²) in [6.45, 7) is 1.89. The van der Waals surface area contributed by atoms with Crippen molar-refractivity contribution in [1.82, 2.24) is 4.90 Å². The molecular weight excluding hydrogens is 206 g/mol. The Kier molecular flexibility index (Phi) is 2.94. The van der Waals surface area contributed by atoms with Crippen molar-refractivity contribution < 1.29 is 15.0 Å². The second kappa shape index (κ2) is 4.23. The highest BCUT2D eigenvalue weighted by Gasteiger charge is 2.38. The van der Waals surface area contributed by atoms with Crippen molar-refractivity contribution in [3.63, 3.8) is 0 Å². The van der Waals surface area contributed by atoms with E-state index in [2.05, 4.69) is 0 Å². The molecule has 16 heavy (non-hydrogen) atoms. The number of hydrogen-bond donors (Lipinski definition) is 2. The molecule has 1 heterocycles. The summed E-state index contributed by atoms with van der Waals surface area (Å²) >= 11 is 0. The van der Waals surface area contributed by atoms with Crippen LogP contribution < -0.4 is 0 Å². The normalized spacial score (nSPS) is 23.3. The highest BCUT2D eigenvalue weighted by Crippen LogP contribution is 2.39. The van der Waals surface area contributed by atoms with Crippen LogP contribution in [-0.4, -0.2) is 21.0 Å². The third kappa shape index (κ3) is 1.60. The van der Waals surface area contributed by atoms with E-state index >= 15 is 0 Å². The lowest BCUT2D eigenvalue weighted by Crippen LogP contribution is -2.32. The Labute approximate surface area is 94.1 Å². The van der Waals surface area contributed by atoms with Crippen molar-refractivity contribution in [3.8, 4) is 0 Å². The van der Waals surface area contributed by atoms with E-state index in [1.807, 2.05) is 6.92 Å². The minimum atomic E-state index is -1.02. The number of nitrogens with zero attached hydrogens (tertiary/aromatic N) is 1. The Balaban J connectivity index is 2.31. The van der Waals surface area contributed by atoms with Gasteiger partial charge in [-0.25, -0.2) is 0 Å². The molecule has 1 aliphatic rings. The molecule has 1 amide bonds. The van der Waals surface area contributed by atoms with Gasteiger partial charge in [-0.05, 0) is 6.42 Å². The van der Waals surface area contributed by atoms with Crippen molar-refractivity contribution >= 4 is 5.91 Å². The maximum Gasteiger partial charge on any atom is 0.227 e. The molecule has 0 aromatic heterocycles. The number of carbonyl (C=O) groups is 1. The van der Waals surface area contributed by atoms with Gasteiger partial charge in [0.2, 0.25) is 5.91 Å². The number of benzene rings is 1. The van der Waals surface area contributed by atoms with Gasteiger partial charge in [0, 0.05) is 17.5 Å². The number of fused-ring (bicyclic) bond motifs is 1. The Hall–Kier alpha value is -1.39. The maximum atomic E-state index is 11.7. The van der Waals surface area contributed by atoms with E-state index in [1.54, 1.807) is 24.3 Å². The molecular formula is C12H15NO3. The lowest BCUT2D eigenvalue weighted by Gasteiger charge is -2.24. The molecule has 86 valence electrons. The van der Waals surface area contributed by atoms with Gasteiger partial charge in [0.25, 0.3) is 0 Å². The predicted octanol–water partition coefficient (Wildman–Crippen LogP) is 1.31. The zero-order valence-electron chi connectivity index (χ0n) is 9.13. The molecule has 0 bridgehead atoms. The fourth-order valence-corrected chi connectivity index (χ4v) is 2.03. The number of carbonyl (C=O) groups excluding carboxylic acids is 1. The van der Waals surface area contributed by atoms with Gasteiger partial charge in [-0.2, -0.15) is 0 Å². The molecule has 2 unspecified atom stereocenters. The Bertz CT molecular complexity index is 376. The first kappa shape index (κ1) is 11.1. The smallest absolute Gasteiger partial charge is 0.227 e. The summed E-state index contributed by atoms with van der Waals surface area (Å²) in [5, 5.41) is 19.9. The molecule has 0 saturated carbocycles. The van der Waals surface area contributed by atoms with E-state index in [-0.39, 0.29) is 5.91 Å². The van der Waals surface area contributed by atoms with Gasteiger partial charge < -0.3 is 10.2 Å². The van der Waals surface area contributed by atoms with Crippen molar-refractivity contribution in [2.75, 3.05) is 0 Å². The highest BCUT2D eigenvalue weighted by atomic mass is 16.3. The van der Waals surface area contributed by atoms with Crippen LogP contribution in [0.3, 0.4) is 0 Å². The first-order valence-electron chi connectivity index (χ1n) is 5.43. The van der Waals surface area contributed by atoms with Crippen LogP contribution in [0.1, 0.15) is 43.3 Å². The van der Waals surface area contributed by atoms with Crippen molar-refractivity contribution in [3.05, 3.63) is 35.4 Å². The second-order valence-corrected chi connectivity index (χ2v) is 3.93. The fraction of sp³-hybridized carbons (Fsp3) is 0.417. The molecule has 4 heteroatoms. The number of hydrogen-bond acceptors (Lipinski definition) is 3. The van der Waals surface area contributed by atoms with Crippen molar-refractivity contribution in [2.45, 2.75) is 32.2 Å². The summed E-state index contributed by atoms with van der Waals surface area (Å²) < 4.78 is 0. The maximum absolute atomic E-state index is 11.7. The Morgan fingerprint density at radius 1 is 1.25 bits per heavy atom. The Morgan fingerprint density at radius 2 is 1.75 bits per heavy atom. The van der Waals surface area contributed by atoms with Gasteiger partial charge in [0.1, 0.15) is 0 Å². The summed E-state index contributed by atoms with van der Waals surface area (Å²) in [5.74, 6) is -0.223. The van der Waals surface area contributed by atoms with Crippen molar-refractivity contribution in [2.24, 2.45) is 0 Å². The topological polar surface area (TPSA) is 60.8 Å². The molecule has 2 N–H and O–H groups in total. The van der Waals surface area contributed by atoms with E-state index in [9.17, 15) is 15.0 Å². The number of aliphatic hydroxyl groups excluding tert-OH is 2. The van der Waals surface area contributed by atoms with E-state index in [0.29, 0.717) is 24.0 Å². The summed E-state index contributed by atoms with van der Waals surface area (Å²) in [7, 11) is 0. The van der Waals surface area contributed by atoms with E-state index < -0.39 is 12.5 Å². The summed E-state index contributed by atoms with van der Waals surface area (Å²) in [6, 6.07) is 7.01. The zero-order chi connectivity index (χ0) is 11.7. The monoisotopic (exact) mass is 221 g/mol. The van der Waals surface area contributed by atoms with Crippen LogP contribution in [0, 0.1) is 0 Å². The summed E-state index contributed by atoms with van der Waals surface area (Å²) in [4.78, 5) is 12.9. The minimum absolute atomic E-state index is 0.223. The number of amides is 1. The fourth-order valence-electron chi connectivity index (χ4n) is 2.03. The lowest BCUT2D eigenvalue weighted by atomic mass is 10.1. The molecule has 0 spiro atoms. The minimum Gasteiger partial charge on any atom is -0.369 e. The summed E-state index contributed by atoms with van der Waals surface area (Å²) in [5.41, 5.74) is 1.22. The molecule has 2 atom stereocenters. The molecule has 0 aliphatic carbocycles. The summed E-state index contributed by atoms with van der Waals surface area (Å²) in [6.07, 6.45) is -1.01. The third-order valence-corrected chi connectivity index (χ3v) is 2.83. The van der Waals surface area contributed by atoms with Gasteiger partial charge in [-0.1, -0.05) is 31.2 Å². The van der Waals surface area contributed by atoms with E-state index in [0.717, 1.165) is 4.90 Å². The number of aliphatic hydroxyl groups is 2. The first-order valence-corrected chi connectivity index (χ1v) is 5.43. The van der Waals surface area contributed by atoms with E-state index in [4.69, 9.17) is 0 Å². The quantitative estimate of drug-likeness (QED) is 0.791. The zero-order valence-corrected chi connectivity index (χ0v) is 9.13.